The van der Waals surface area contributed by atoms with Crippen molar-refractivity contribution in [2.45, 2.75) is 45.8 Å². The van der Waals surface area contributed by atoms with Crippen molar-refractivity contribution in [3.63, 3.8) is 0 Å². The fourth-order valence-corrected chi connectivity index (χ4v) is 2.62. The smallest absolute Gasteiger partial charge is 0.261 e. The number of para-hydroxylation sites is 1. The van der Waals surface area contributed by atoms with Crippen LogP contribution in [0.4, 0.5) is 0 Å². The molecule has 0 aliphatic heterocycles. The summed E-state index contributed by atoms with van der Waals surface area (Å²) in [6.07, 6.45) is -0.569. The Hall–Kier alpha value is -2.49. The predicted molar refractivity (Wildman–Crippen MR) is 100 cm³/mol. The monoisotopic (exact) mass is 341 g/mol. The highest BCUT2D eigenvalue weighted by atomic mass is 16.5. The van der Waals surface area contributed by atoms with Gasteiger partial charge in [0.25, 0.3) is 5.91 Å². The number of benzene rings is 2. The molecule has 0 unspecified atom stereocenters. The molecule has 0 aliphatic carbocycles. The molecule has 2 aromatic carbocycles. The normalized spacial score (nSPS) is 13.2. The fraction of sp³-hybridized carbons (Fsp3) is 0.381. The van der Waals surface area contributed by atoms with Gasteiger partial charge in [-0.05, 0) is 49.1 Å². The minimum Gasteiger partial charge on any atom is -0.497 e. The molecule has 1 amide bonds. The van der Waals surface area contributed by atoms with Gasteiger partial charge in [-0.25, -0.2) is 0 Å². The van der Waals surface area contributed by atoms with Gasteiger partial charge >= 0.3 is 0 Å². The van der Waals surface area contributed by atoms with Gasteiger partial charge in [-0.3, -0.25) is 4.79 Å². The summed E-state index contributed by atoms with van der Waals surface area (Å²) in [7, 11) is 1.63. The molecule has 0 spiro atoms. The summed E-state index contributed by atoms with van der Waals surface area (Å²) in [6.45, 7) is 7.94. The zero-order valence-electron chi connectivity index (χ0n) is 15.6. The maximum absolute atomic E-state index is 12.5. The van der Waals surface area contributed by atoms with Crippen LogP contribution in [0.25, 0.3) is 0 Å². The molecule has 2 rings (SSSR count). The van der Waals surface area contributed by atoms with Crippen molar-refractivity contribution >= 4 is 5.91 Å². The van der Waals surface area contributed by atoms with Crippen molar-refractivity contribution in [2.75, 3.05) is 7.11 Å². The van der Waals surface area contributed by atoms with Gasteiger partial charge in [0.1, 0.15) is 11.5 Å². The van der Waals surface area contributed by atoms with Crippen LogP contribution < -0.4 is 14.8 Å². The lowest BCUT2D eigenvalue weighted by Crippen LogP contribution is -2.37. The summed E-state index contributed by atoms with van der Waals surface area (Å²) in [5.74, 6) is 1.76. The summed E-state index contributed by atoms with van der Waals surface area (Å²) in [6, 6.07) is 15.4. The first-order chi connectivity index (χ1) is 11.9. The second-order valence-corrected chi connectivity index (χ2v) is 6.46. The highest BCUT2D eigenvalue weighted by Gasteiger charge is 2.19. The lowest BCUT2D eigenvalue weighted by molar-refractivity contribution is -0.127. The first kappa shape index (κ1) is 18.8. The molecule has 0 aromatic heterocycles. The van der Waals surface area contributed by atoms with Crippen LogP contribution in [0.2, 0.25) is 0 Å². The lowest BCUT2D eigenvalue weighted by atomic mass is 10.0. The number of amides is 1. The van der Waals surface area contributed by atoms with Crippen LogP contribution in [-0.2, 0) is 4.79 Å². The molecule has 4 heteroatoms. The Labute approximate surface area is 150 Å². The molecule has 0 bridgehead atoms. The van der Waals surface area contributed by atoms with E-state index < -0.39 is 6.10 Å². The molecule has 0 heterocycles. The van der Waals surface area contributed by atoms with Crippen molar-refractivity contribution < 1.29 is 14.3 Å². The third-order valence-corrected chi connectivity index (χ3v) is 4.19. The molecule has 2 atom stereocenters. The standard InChI is InChI=1S/C21H27NO3/c1-14(2)19-8-6-7-9-20(19)25-16(4)21(23)22-15(3)17-10-12-18(24-5)13-11-17/h6-16H,1-5H3,(H,22,23)/t15-,16+/m0/s1. The second kappa shape index (κ2) is 8.56. The quantitative estimate of drug-likeness (QED) is 0.808. The largest absolute Gasteiger partial charge is 0.497 e. The van der Waals surface area contributed by atoms with E-state index in [1.165, 1.54) is 0 Å². The van der Waals surface area contributed by atoms with Gasteiger partial charge in [0.2, 0.25) is 0 Å². The number of hydrogen-bond acceptors (Lipinski definition) is 3. The minimum absolute atomic E-state index is 0.107. The minimum atomic E-state index is -0.569. The SMILES string of the molecule is COc1ccc([C@H](C)NC(=O)[C@@H](C)Oc2ccccc2C(C)C)cc1. The summed E-state index contributed by atoms with van der Waals surface area (Å²) in [5, 5.41) is 3.00. The number of ether oxygens (including phenoxy) is 2. The van der Waals surface area contributed by atoms with Crippen molar-refractivity contribution in [3.05, 3.63) is 59.7 Å². The van der Waals surface area contributed by atoms with Crippen LogP contribution in [0, 0.1) is 0 Å². The summed E-state index contributed by atoms with van der Waals surface area (Å²) >= 11 is 0. The van der Waals surface area contributed by atoms with Gasteiger partial charge in [0, 0.05) is 0 Å². The first-order valence-corrected chi connectivity index (χ1v) is 8.62. The Kier molecular flexibility index (Phi) is 6.45. The number of rotatable bonds is 7. The molecule has 0 saturated carbocycles. The van der Waals surface area contributed by atoms with Crippen LogP contribution in [-0.4, -0.2) is 19.1 Å². The lowest BCUT2D eigenvalue weighted by Gasteiger charge is -2.21. The summed E-state index contributed by atoms with van der Waals surface area (Å²) < 4.78 is 11.1. The Balaban J connectivity index is 2.00. The van der Waals surface area contributed by atoms with Gasteiger partial charge in [-0.15, -0.1) is 0 Å². The molecule has 2 aromatic rings. The van der Waals surface area contributed by atoms with Crippen molar-refractivity contribution in [2.24, 2.45) is 0 Å². The second-order valence-electron chi connectivity index (χ2n) is 6.46. The van der Waals surface area contributed by atoms with Gasteiger partial charge in [0.05, 0.1) is 13.2 Å². The first-order valence-electron chi connectivity index (χ1n) is 8.62. The highest BCUT2D eigenvalue weighted by molar-refractivity contribution is 5.81. The van der Waals surface area contributed by atoms with E-state index in [4.69, 9.17) is 9.47 Å². The number of nitrogens with one attached hydrogen (secondary N) is 1. The topological polar surface area (TPSA) is 47.6 Å². The van der Waals surface area contributed by atoms with E-state index in [1.54, 1.807) is 14.0 Å². The molecular formula is C21H27NO3. The molecule has 1 N–H and O–H groups in total. The molecule has 134 valence electrons. The average Bonchev–Trinajstić information content (AvgIpc) is 2.61. The maximum atomic E-state index is 12.5. The van der Waals surface area contributed by atoms with E-state index in [0.717, 1.165) is 22.6 Å². The molecule has 0 radical (unpaired) electrons. The van der Waals surface area contributed by atoms with Crippen molar-refractivity contribution in [1.82, 2.24) is 5.32 Å². The number of hydrogen-bond donors (Lipinski definition) is 1. The molecule has 0 fully saturated rings. The molecule has 0 saturated heterocycles. The molecule has 4 nitrogen and oxygen atoms in total. The Morgan fingerprint density at radius 1 is 0.960 bits per heavy atom. The zero-order chi connectivity index (χ0) is 18.4. The summed E-state index contributed by atoms with van der Waals surface area (Å²) in [4.78, 5) is 12.5. The number of carbonyl (C=O) groups excluding carboxylic acids is 1. The maximum Gasteiger partial charge on any atom is 0.261 e. The van der Waals surface area contributed by atoms with Crippen LogP contribution in [0.3, 0.4) is 0 Å². The van der Waals surface area contributed by atoms with E-state index in [0.29, 0.717) is 5.92 Å². The summed E-state index contributed by atoms with van der Waals surface area (Å²) in [5.41, 5.74) is 2.12. The molecular weight excluding hydrogens is 314 g/mol. The van der Waals surface area contributed by atoms with Crippen LogP contribution >= 0.6 is 0 Å². The zero-order valence-corrected chi connectivity index (χ0v) is 15.6. The number of methoxy groups -OCH3 is 1. The molecule has 25 heavy (non-hydrogen) atoms. The predicted octanol–water partition coefficient (Wildman–Crippen LogP) is 4.46. The Morgan fingerprint density at radius 3 is 2.20 bits per heavy atom. The highest BCUT2D eigenvalue weighted by Crippen LogP contribution is 2.27. The van der Waals surface area contributed by atoms with E-state index in [1.807, 2.05) is 55.5 Å². The van der Waals surface area contributed by atoms with Gasteiger partial charge < -0.3 is 14.8 Å². The Morgan fingerprint density at radius 2 is 1.60 bits per heavy atom. The van der Waals surface area contributed by atoms with Crippen LogP contribution in [0.15, 0.2) is 48.5 Å². The third kappa shape index (κ3) is 4.99. The van der Waals surface area contributed by atoms with E-state index >= 15 is 0 Å². The van der Waals surface area contributed by atoms with Crippen molar-refractivity contribution in [3.8, 4) is 11.5 Å². The third-order valence-electron chi connectivity index (χ3n) is 4.19. The van der Waals surface area contributed by atoms with E-state index in [2.05, 4.69) is 19.2 Å². The van der Waals surface area contributed by atoms with Gasteiger partial charge in [-0.1, -0.05) is 44.2 Å². The molecule has 0 aliphatic rings. The Bertz CT molecular complexity index is 695. The van der Waals surface area contributed by atoms with Crippen molar-refractivity contribution in [1.29, 1.82) is 0 Å². The van der Waals surface area contributed by atoms with E-state index in [9.17, 15) is 4.79 Å². The van der Waals surface area contributed by atoms with Gasteiger partial charge in [-0.2, -0.15) is 0 Å². The van der Waals surface area contributed by atoms with Gasteiger partial charge in [0.15, 0.2) is 6.10 Å². The fourth-order valence-electron chi connectivity index (χ4n) is 2.62. The average molecular weight is 341 g/mol. The van der Waals surface area contributed by atoms with Crippen LogP contribution in [0.1, 0.15) is 50.8 Å². The van der Waals surface area contributed by atoms with E-state index in [-0.39, 0.29) is 11.9 Å². The number of carbonyl (C=O) groups is 1. The van der Waals surface area contributed by atoms with Crippen LogP contribution in [0.5, 0.6) is 11.5 Å².